The molecule has 2 fully saturated rings. The van der Waals surface area contributed by atoms with Gasteiger partial charge in [0.05, 0.1) is 0 Å². The van der Waals surface area contributed by atoms with Crippen LogP contribution in [0.5, 0.6) is 0 Å². The second-order valence-electron chi connectivity index (χ2n) is 6.37. The Morgan fingerprint density at radius 3 is 2.45 bits per heavy atom. The maximum absolute atomic E-state index is 4.02. The van der Waals surface area contributed by atoms with Crippen LogP contribution in [0.15, 0.2) is 30.3 Å². The zero-order valence-corrected chi connectivity index (χ0v) is 13.2. The fourth-order valence-electron chi connectivity index (χ4n) is 3.76. The third-order valence-corrected chi connectivity index (χ3v) is 6.07. The highest BCUT2D eigenvalue weighted by molar-refractivity contribution is 7.99. The van der Waals surface area contributed by atoms with Gasteiger partial charge in [0.15, 0.2) is 0 Å². The molecule has 1 N–H and O–H groups in total. The molecule has 1 heterocycles. The Kier molecular flexibility index (Phi) is 5.43. The average Bonchev–Trinajstić information content (AvgIpc) is 2.55. The van der Waals surface area contributed by atoms with Gasteiger partial charge in [-0.05, 0) is 42.9 Å². The maximum atomic E-state index is 4.02. The number of thioether (sulfide) groups is 1. The molecule has 1 aromatic carbocycles. The summed E-state index contributed by atoms with van der Waals surface area (Å²) in [4.78, 5) is 0. The van der Waals surface area contributed by atoms with Gasteiger partial charge in [-0.1, -0.05) is 49.6 Å². The molecule has 20 heavy (non-hydrogen) atoms. The summed E-state index contributed by atoms with van der Waals surface area (Å²) >= 11 is 2.12. The number of rotatable bonds is 4. The predicted molar refractivity (Wildman–Crippen MR) is 89.2 cm³/mol. The van der Waals surface area contributed by atoms with Gasteiger partial charge in [-0.2, -0.15) is 11.8 Å². The molecule has 0 aromatic heterocycles. The molecule has 2 heteroatoms. The molecule has 1 saturated carbocycles. The first-order valence-corrected chi connectivity index (χ1v) is 9.48. The molecular formula is C18H27NS. The standard InChI is InChI=1S/C18H27NS/c1-3-8-15(9-4-1)18(16-10-5-2-6-11-16)19-17-12-7-13-20-14-17/h1,3-4,8-9,16-19H,2,5-7,10-14H2. The van der Waals surface area contributed by atoms with E-state index in [-0.39, 0.29) is 0 Å². The summed E-state index contributed by atoms with van der Waals surface area (Å²) in [6.07, 6.45) is 9.86. The number of hydrogen-bond acceptors (Lipinski definition) is 2. The smallest absolute Gasteiger partial charge is 0.0351 e. The van der Waals surface area contributed by atoms with E-state index >= 15 is 0 Å². The van der Waals surface area contributed by atoms with Crippen molar-refractivity contribution in [3.8, 4) is 0 Å². The highest BCUT2D eigenvalue weighted by Crippen LogP contribution is 2.35. The number of nitrogens with one attached hydrogen (secondary N) is 1. The summed E-state index contributed by atoms with van der Waals surface area (Å²) in [5.74, 6) is 3.51. The minimum absolute atomic E-state index is 0.584. The first-order valence-electron chi connectivity index (χ1n) is 8.32. The molecule has 3 rings (SSSR count). The molecule has 1 aliphatic heterocycles. The van der Waals surface area contributed by atoms with E-state index in [1.54, 1.807) is 0 Å². The van der Waals surface area contributed by atoms with E-state index < -0.39 is 0 Å². The number of hydrogen-bond donors (Lipinski definition) is 1. The van der Waals surface area contributed by atoms with Crippen LogP contribution in [0.3, 0.4) is 0 Å². The lowest BCUT2D eigenvalue weighted by Gasteiger charge is -2.35. The first-order chi connectivity index (χ1) is 9.93. The van der Waals surface area contributed by atoms with E-state index in [0.29, 0.717) is 6.04 Å². The second kappa shape index (κ2) is 7.51. The van der Waals surface area contributed by atoms with E-state index in [1.807, 2.05) is 0 Å². The Morgan fingerprint density at radius 2 is 1.75 bits per heavy atom. The van der Waals surface area contributed by atoms with E-state index in [2.05, 4.69) is 47.4 Å². The summed E-state index contributed by atoms with van der Waals surface area (Å²) in [7, 11) is 0. The first kappa shape index (κ1) is 14.5. The molecule has 1 aromatic rings. The van der Waals surface area contributed by atoms with Gasteiger partial charge >= 0.3 is 0 Å². The molecule has 110 valence electrons. The van der Waals surface area contributed by atoms with Crippen molar-refractivity contribution in [1.82, 2.24) is 5.32 Å². The largest absolute Gasteiger partial charge is 0.306 e. The summed E-state index contributed by atoms with van der Waals surface area (Å²) in [6.45, 7) is 0. The minimum atomic E-state index is 0.584. The summed E-state index contributed by atoms with van der Waals surface area (Å²) in [5, 5.41) is 4.02. The summed E-state index contributed by atoms with van der Waals surface area (Å²) < 4.78 is 0. The topological polar surface area (TPSA) is 12.0 Å². The van der Waals surface area contributed by atoms with Crippen molar-refractivity contribution in [3.05, 3.63) is 35.9 Å². The molecule has 2 atom stereocenters. The summed E-state index contributed by atoms with van der Waals surface area (Å²) in [5.41, 5.74) is 1.51. The highest BCUT2D eigenvalue weighted by Gasteiger charge is 2.27. The zero-order chi connectivity index (χ0) is 13.6. The molecule has 0 spiro atoms. The van der Waals surface area contributed by atoms with Crippen molar-refractivity contribution in [2.45, 2.75) is 57.0 Å². The van der Waals surface area contributed by atoms with Crippen molar-refractivity contribution in [3.63, 3.8) is 0 Å². The quantitative estimate of drug-likeness (QED) is 0.855. The van der Waals surface area contributed by atoms with Crippen LogP contribution >= 0.6 is 11.8 Å². The fraction of sp³-hybridized carbons (Fsp3) is 0.667. The van der Waals surface area contributed by atoms with Gasteiger partial charge in [-0.15, -0.1) is 0 Å². The van der Waals surface area contributed by atoms with Gasteiger partial charge in [-0.3, -0.25) is 0 Å². The van der Waals surface area contributed by atoms with Crippen molar-refractivity contribution < 1.29 is 0 Å². The Hall–Kier alpha value is -0.470. The van der Waals surface area contributed by atoms with Crippen LogP contribution in [0.25, 0.3) is 0 Å². The van der Waals surface area contributed by atoms with E-state index in [4.69, 9.17) is 0 Å². The normalized spacial score (nSPS) is 26.3. The Morgan fingerprint density at radius 1 is 0.950 bits per heavy atom. The van der Waals surface area contributed by atoms with Gasteiger partial charge in [0.25, 0.3) is 0 Å². The highest BCUT2D eigenvalue weighted by atomic mass is 32.2. The van der Waals surface area contributed by atoms with Crippen LogP contribution in [-0.4, -0.2) is 17.5 Å². The Bertz CT molecular complexity index is 380. The molecule has 1 nitrogen and oxygen atoms in total. The molecule has 2 unspecified atom stereocenters. The summed E-state index contributed by atoms with van der Waals surface area (Å²) in [6, 6.07) is 12.5. The lowest BCUT2D eigenvalue weighted by atomic mass is 9.80. The van der Waals surface area contributed by atoms with Gasteiger partial charge < -0.3 is 5.32 Å². The van der Waals surface area contributed by atoms with Crippen molar-refractivity contribution >= 4 is 11.8 Å². The minimum Gasteiger partial charge on any atom is -0.306 e. The second-order valence-corrected chi connectivity index (χ2v) is 7.52. The van der Waals surface area contributed by atoms with Crippen LogP contribution in [0.2, 0.25) is 0 Å². The Balaban J connectivity index is 1.72. The van der Waals surface area contributed by atoms with Gasteiger partial charge in [0.2, 0.25) is 0 Å². The van der Waals surface area contributed by atoms with E-state index in [1.165, 1.54) is 62.0 Å². The lowest BCUT2D eigenvalue weighted by Crippen LogP contribution is -2.40. The van der Waals surface area contributed by atoms with Crippen LogP contribution in [0.4, 0.5) is 0 Å². The Labute approximate surface area is 127 Å². The molecule has 1 aliphatic carbocycles. The molecular weight excluding hydrogens is 262 g/mol. The lowest BCUT2D eigenvalue weighted by molar-refractivity contribution is 0.253. The van der Waals surface area contributed by atoms with Crippen LogP contribution < -0.4 is 5.32 Å². The maximum Gasteiger partial charge on any atom is 0.0351 e. The molecule has 1 saturated heterocycles. The molecule has 0 bridgehead atoms. The average molecular weight is 289 g/mol. The van der Waals surface area contributed by atoms with Crippen molar-refractivity contribution in [2.24, 2.45) is 5.92 Å². The predicted octanol–water partition coefficient (Wildman–Crippen LogP) is 4.79. The van der Waals surface area contributed by atoms with Crippen molar-refractivity contribution in [1.29, 1.82) is 0 Å². The van der Waals surface area contributed by atoms with Crippen molar-refractivity contribution in [2.75, 3.05) is 11.5 Å². The monoisotopic (exact) mass is 289 g/mol. The van der Waals surface area contributed by atoms with Gasteiger partial charge in [0, 0.05) is 17.8 Å². The van der Waals surface area contributed by atoms with E-state index in [0.717, 1.165) is 12.0 Å². The SMILES string of the molecule is c1ccc(C(NC2CCCSC2)C2CCCCC2)cc1. The van der Waals surface area contributed by atoms with Crippen LogP contribution in [-0.2, 0) is 0 Å². The molecule has 0 radical (unpaired) electrons. The molecule has 2 aliphatic rings. The van der Waals surface area contributed by atoms with Gasteiger partial charge in [0.1, 0.15) is 0 Å². The van der Waals surface area contributed by atoms with Crippen LogP contribution in [0, 0.1) is 5.92 Å². The fourth-order valence-corrected chi connectivity index (χ4v) is 4.84. The van der Waals surface area contributed by atoms with Crippen LogP contribution in [0.1, 0.15) is 56.6 Å². The third-order valence-electron chi connectivity index (χ3n) is 4.86. The molecule has 0 amide bonds. The van der Waals surface area contributed by atoms with Gasteiger partial charge in [-0.25, -0.2) is 0 Å². The third kappa shape index (κ3) is 3.79. The van der Waals surface area contributed by atoms with E-state index in [9.17, 15) is 0 Å². The number of benzene rings is 1. The zero-order valence-electron chi connectivity index (χ0n) is 12.4.